The van der Waals surface area contributed by atoms with Gasteiger partial charge in [-0.2, -0.15) is 10.4 Å². The van der Waals surface area contributed by atoms with E-state index in [9.17, 15) is 68.6 Å². The quantitative estimate of drug-likeness (QED) is 0.0143. The molecule has 8 fully saturated rings. The third-order valence-corrected chi connectivity index (χ3v) is 22.5. The van der Waals surface area contributed by atoms with Gasteiger partial charge in [0.25, 0.3) is 5.92 Å². The van der Waals surface area contributed by atoms with Crippen LogP contribution in [0.4, 0.5) is 17.6 Å². The molecule has 1 aromatic rings. The normalized spacial score (nSPS) is 40.2. The van der Waals surface area contributed by atoms with Crippen LogP contribution in [0.3, 0.4) is 0 Å². The highest BCUT2D eigenvalue weighted by atomic mass is 19.3. The summed E-state index contributed by atoms with van der Waals surface area (Å²) in [6, 6.07) is 2.91. The molecule has 0 aromatic carbocycles. The van der Waals surface area contributed by atoms with Gasteiger partial charge in [0.2, 0.25) is 0 Å². The fraction of sp³-hybridized carbons (Fsp3) is 0.636. The van der Waals surface area contributed by atoms with Crippen molar-refractivity contribution in [3.63, 3.8) is 0 Å². The highest BCUT2D eigenvalue weighted by molar-refractivity contribution is 6.14. The number of azide groups is 1. The first-order chi connectivity index (χ1) is 51.7. The maximum atomic E-state index is 13.8. The largest absolute Gasteiger partial charge is 0.395 e. The molecule has 9 rings (SSSR count). The number of aliphatic hydroxyl groups is 13. The average Bonchev–Trinajstić information content (AvgIpc) is 1.61. The molecule has 0 bridgehead atoms. The van der Waals surface area contributed by atoms with Crippen LogP contribution in [0.5, 0.6) is 0 Å². The molecule has 8 aliphatic rings. The first kappa shape index (κ1) is 99.9. The number of hydrogen-bond acceptors (Lipinski definition) is 18. The van der Waals surface area contributed by atoms with Crippen molar-refractivity contribution in [3.8, 4) is 6.07 Å². The Balaban J connectivity index is 0.000000428. The molecule has 4 unspecified atom stereocenters. The fourth-order valence-corrected chi connectivity index (χ4v) is 16.0. The Kier molecular flexibility index (Phi) is 40.4. The van der Waals surface area contributed by atoms with E-state index in [-0.39, 0.29) is 107 Å². The Bertz CT molecular complexity index is 3550. The van der Waals surface area contributed by atoms with Crippen LogP contribution in [0.15, 0.2) is 171 Å². The molecule has 582 valence electrons. The van der Waals surface area contributed by atoms with Gasteiger partial charge in [0.1, 0.15) is 11.8 Å². The van der Waals surface area contributed by atoms with Crippen molar-refractivity contribution in [2.45, 2.75) is 197 Å². The highest BCUT2D eigenvalue weighted by Gasteiger charge is 2.62. The number of nitriles is 1. The summed E-state index contributed by atoms with van der Waals surface area (Å²) in [5.41, 5.74) is 22.9. The van der Waals surface area contributed by atoms with E-state index < -0.39 is 127 Å². The summed E-state index contributed by atoms with van der Waals surface area (Å²) in [7, 11) is 45.2. The van der Waals surface area contributed by atoms with Gasteiger partial charge in [-0.3, -0.25) is 4.68 Å². The number of nitrogens with zero attached hydrogens (tertiary/aromatic N) is 6. The van der Waals surface area contributed by atoms with Crippen molar-refractivity contribution in [2.75, 3.05) is 52.9 Å². The second kappa shape index (κ2) is 44.5. The van der Waals surface area contributed by atoms with Crippen LogP contribution >= 0.6 is 0 Å². The van der Waals surface area contributed by atoms with Crippen molar-refractivity contribution < 1.29 is 89.2 Å². The molecule has 110 heavy (non-hydrogen) atoms. The fourth-order valence-electron chi connectivity index (χ4n) is 16.0. The van der Waals surface area contributed by atoms with Gasteiger partial charge in [0.15, 0.2) is 0 Å². The SMILES string of the molecule is [B][C@@H]1C[C@](C=C=C)(CO)CC1F.[B][C@@H]1C[C@](C=C=C)(CO)[C@H](O)C1(C)F.[B][C@@H]1C[C@](C=C=C)(CO)[C@H](O)C1(F)F.[B][C@@H]1C[C@](C=C=C)(CO)[C@H](O)C1C#N.[B][C@@H]1C[C@](C=C=C)(CO)[C@H](O)C1n1cccn1.[B][C@H]1C[C@@H](N=[N+]=[N-])[C@@](C=C=C)(CO)C1.[B][C@H]1C[C@@H](NO)[C@@](C=C=C)(CO)C1.[B][C@H]1C[C@@H](O)[C@@](C=C=C)(CO)C1. The molecule has 21 nitrogen and oxygen atoms in total. The molecule has 0 spiro atoms. The van der Waals surface area contributed by atoms with Crippen LogP contribution in [0.2, 0.25) is 46.5 Å². The number of aliphatic hydroxyl groups excluding tert-OH is 13. The molecule has 8 aliphatic carbocycles. The minimum Gasteiger partial charge on any atom is -0.395 e. The first-order valence-electron chi connectivity index (χ1n) is 35.5. The summed E-state index contributed by atoms with van der Waals surface area (Å²) in [5.74, 6) is -7.44. The highest BCUT2D eigenvalue weighted by Crippen LogP contribution is 2.56. The van der Waals surface area contributed by atoms with Crippen LogP contribution in [0.1, 0.15) is 90.0 Å². The van der Waals surface area contributed by atoms with Crippen LogP contribution < -0.4 is 5.48 Å². The molecule has 0 amide bonds. The number of rotatable bonds is 19. The molecule has 1 heterocycles. The lowest BCUT2D eigenvalue weighted by Gasteiger charge is -2.30. The van der Waals surface area contributed by atoms with E-state index in [0.29, 0.717) is 57.8 Å². The monoisotopic (exact) mass is 1510 g/mol. The Morgan fingerprint density at radius 3 is 1.32 bits per heavy atom. The number of hydrogen-bond donors (Lipinski definition) is 15. The topological polar surface area (TPSA) is 386 Å². The molecule has 27 atom stereocenters. The van der Waals surface area contributed by atoms with E-state index in [4.69, 9.17) is 94.1 Å². The van der Waals surface area contributed by atoms with E-state index in [1.54, 1.807) is 53.5 Å². The number of hydroxylamine groups is 1. The Labute approximate surface area is 655 Å². The van der Waals surface area contributed by atoms with Gasteiger partial charge in [-0.15, -0.1) is 45.8 Å². The zero-order chi connectivity index (χ0) is 84.1. The molecular weight excluding hydrogens is 1410 g/mol. The molecule has 33 heteroatoms. The standard InChI is InChI=1S/C12H15BN2O2.C10H14BFO2.C10H12BNO2.C9H11BF2O2.C9H12BFO.C9H12BN3O.C9H14BNO2.C9H13BO2/c1-2-4-12(8-16)7-9(13)10(11(12)17)15-6-3-5-14-15;1-3-4-10(6-13)5-7(11)9(2,12)8(10)14;1-2-3-10(6-13)4-8(11)7(5-12)9(10)14;1-2-3-8(5-13)4-6(10)9(11,12)7(8)14;1-2-3-9(6-12)4-7(10)8(11)5-9;1-2-3-9(6-14)5-7(10)4-8(9)12-13-11;1-2-3-9(6-12)5-7(10)4-8(9)11-13;1-2-3-9(6-11)5-7(10)4-8(9)12/h3-6,9-11,16-17H,1,7-8H2;4,7-8,13-14H,1,5-6H2,2H3;3,7-9,13-14H,1,4,6H2;3,6-7,13-14H,1,4-5H2;3,7-8,12H,1,4-6H2;3,7-8,14H,1,4-6H2;3,7-8,11-13H,1,4-6H2;3,7-8,11-12H,1,4-6H2/t9-,10?,11-,12-;7-,8-,9?,10-;7?,8-,9-,10-;6-,7+,8-;7-,8?,9+;3*7-,8+,9+/m11111000/s1. The summed E-state index contributed by atoms with van der Waals surface area (Å²) in [6.45, 7) is 26.8. The van der Waals surface area contributed by atoms with Crippen LogP contribution in [-0.4, -0.2) is 257 Å². The first-order valence-corrected chi connectivity index (χ1v) is 35.5. The van der Waals surface area contributed by atoms with Crippen molar-refractivity contribution >= 4 is 62.8 Å². The Morgan fingerprint density at radius 1 is 0.527 bits per heavy atom. The smallest absolute Gasteiger partial charge is 0.269 e. The van der Waals surface area contributed by atoms with Gasteiger partial charge >= 0.3 is 0 Å². The predicted molar refractivity (Wildman–Crippen MR) is 419 cm³/mol. The lowest BCUT2D eigenvalue weighted by atomic mass is 9.77. The summed E-state index contributed by atoms with van der Waals surface area (Å²) in [4.78, 5) is 2.77. The van der Waals surface area contributed by atoms with Crippen molar-refractivity contribution in [1.29, 1.82) is 5.26 Å². The molecular formula is C77H103B8F4N7O14. The Morgan fingerprint density at radius 2 is 0.945 bits per heavy atom. The van der Waals surface area contributed by atoms with Gasteiger partial charge in [-0.25, -0.2) is 23.0 Å². The molecule has 1 aromatic heterocycles. The lowest BCUT2D eigenvalue weighted by molar-refractivity contribution is -0.117. The molecule has 0 aliphatic heterocycles. The van der Waals surface area contributed by atoms with Crippen LogP contribution in [0.25, 0.3) is 10.4 Å². The van der Waals surface area contributed by atoms with Crippen molar-refractivity contribution in [3.05, 3.63) is 176 Å². The van der Waals surface area contributed by atoms with Crippen LogP contribution in [-0.2, 0) is 0 Å². The third kappa shape index (κ3) is 23.3. The summed E-state index contributed by atoms with van der Waals surface area (Å²) in [6.07, 6.45) is 14.4. The van der Waals surface area contributed by atoms with Gasteiger partial charge in [0.05, 0.1) is 170 Å². The number of alkyl halides is 4. The third-order valence-electron chi connectivity index (χ3n) is 22.5. The van der Waals surface area contributed by atoms with Gasteiger partial charge < -0.3 is 71.6 Å². The second-order valence-corrected chi connectivity index (χ2v) is 30.2. The van der Waals surface area contributed by atoms with E-state index in [1.807, 2.05) is 6.07 Å². The van der Waals surface area contributed by atoms with Gasteiger partial charge in [-0.05, 0) is 162 Å². The molecule has 15 N–H and O–H groups in total. The zero-order valence-corrected chi connectivity index (χ0v) is 62.6. The minimum atomic E-state index is -3.38. The lowest BCUT2D eigenvalue weighted by Crippen LogP contribution is -2.42. The van der Waals surface area contributed by atoms with E-state index in [1.165, 1.54) is 25.2 Å². The van der Waals surface area contributed by atoms with Gasteiger partial charge in [0, 0.05) is 67.3 Å². The van der Waals surface area contributed by atoms with Crippen LogP contribution in [0, 0.1) is 60.6 Å². The van der Waals surface area contributed by atoms with E-state index in [0.717, 1.165) is 0 Å². The molecule has 8 saturated carbocycles. The van der Waals surface area contributed by atoms with E-state index in [2.05, 4.69) is 119 Å². The number of aromatic nitrogens is 2. The Hall–Kier alpha value is -6.19. The van der Waals surface area contributed by atoms with E-state index >= 15 is 0 Å². The summed E-state index contributed by atoms with van der Waals surface area (Å²) < 4.78 is 54.9. The average molecular weight is 1510 g/mol. The second-order valence-electron chi connectivity index (χ2n) is 30.2. The van der Waals surface area contributed by atoms with Gasteiger partial charge in [-0.1, -0.05) is 86.8 Å². The zero-order valence-electron chi connectivity index (χ0n) is 62.6. The number of halogens is 4. The number of nitrogens with one attached hydrogen (secondary N) is 1. The molecule has 16 radical (unpaired) electrons. The van der Waals surface area contributed by atoms with Crippen molar-refractivity contribution in [1.82, 2.24) is 15.3 Å². The predicted octanol–water partition coefficient (Wildman–Crippen LogP) is 6.01. The molecule has 0 saturated heterocycles. The minimum absolute atomic E-state index is 0.00130. The maximum absolute atomic E-state index is 13.8. The maximum Gasteiger partial charge on any atom is 0.269 e. The summed E-state index contributed by atoms with van der Waals surface area (Å²) >= 11 is 0. The summed E-state index contributed by atoms with van der Waals surface area (Å²) in [5, 5.41) is 148. The van der Waals surface area contributed by atoms with Crippen molar-refractivity contribution in [2.24, 2.45) is 54.4 Å².